The topological polar surface area (TPSA) is 88.6 Å². The molecule has 2 fully saturated rings. The Morgan fingerprint density at radius 3 is 2.44 bits per heavy atom. The minimum Gasteiger partial charge on any atom is -0.474 e. The summed E-state index contributed by atoms with van der Waals surface area (Å²) in [4.78, 5) is 18.1. The molecule has 2 heterocycles. The van der Waals surface area contributed by atoms with E-state index in [0.717, 1.165) is 25.7 Å². The van der Waals surface area contributed by atoms with Crippen LogP contribution in [0, 0.1) is 5.92 Å². The maximum Gasteiger partial charge on any atom is 0.235 e. The van der Waals surface area contributed by atoms with Gasteiger partial charge in [0.25, 0.3) is 0 Å². The number of ether oxygens (including phenoxy) is 1. The molecule has 2 aliphatic rings. The van der Waals surface area contributed by atoms with Crippen molar-refractivity contribution < 1.29 is 17.9 Å². The smallest absolute Gasteiger partial charge is 0.235 e. The highest BCUT2D eigenvalue weighted by atomic mass is 32.2. The number of nitrogens with zero attached hydrogens (tertiary/aromatic N) is 2. The number of piperidine rings is 1. The van der Waals surface area contributed by atoms with E-state index >= 15 is 0 Å². The molecule has 1 amide bonds. The molecular weight excluding hydrogens is 342 g/mol. The van der Waals surface area contributed by atoms with Crippen LogP contribution in [0.25, 0.3) is 0 Å². The maximum atomic E-state index is 12.0. The number of anilines is 1. The lowest BCUT2D eigenvalue weighted by molar-refractivity contribution is -0.136. The van der Waals surface area contributed by atoms with Crippen molar-refractivity contribution in [1.29, 1.82) is 0 Å². The van der Waals surface area contributed by atoms with Crippen LogP contribution in [0.1, 0.15) is 39.5 Å². The number of hydrogen-bond donors (Lipinski definition) is 1. The molecule has 0 radical (unpaired) electrons. The molecule has 0 unspecified atom stereocenters. The number of carbonyl (C=O) groups is 1. The van der Waals surface area contributed by atoms with Crippen molar-refractivity contribution >= 4 is 21.6 Å². The zero-order valence-corrected chi connectivity index (χ0v) is 15.5. The molecule has 1 aliphatic heterocycles. The van der Waals surface area contributed by atoms with Crippen molar-refractivity contribution in [2.24, 2.45) is 5.92 Å². The summed E-state index contributed by atoms with van der Waals surface area (Å²) in [6.45, 7) is 5.21. The van der Waals surface area contributed by atoms with Crippen LogP contribution < -0.4 is 9.46 Å². The van der Waals surface area contributed by atoms with Gasteiger partial charge < -0.3 is 9.64 Å². The first-order chi connectivity index (χ1) is 11.8. The highest BCUT2D eigenvalue weighted by Crippen LogP contribution is 2.29. The first-order valence-corrected chi connectivity index (χ1v) is 10.3. The Morgan fingerprint density at radius 1 is 1.24 bits per heavy atom. The summed E-state index contributed by atoms with van der Waals surface area (Å²) in [5.41, 5.74) is 0.455. The Kier molecular flexibility index (Phi) is 5.17. The number of pyridine rings is 1. The van der Waals surface area contributed by atoms with Crippen molar-refractivity contribution in [2.45, 2.75) is 50.9 Å². The van der Waals surface area contributed by atoms with Crippen LogP contribution in [-0.4, -0.2) is 48.7 Å². The van der Waals surface area contributed by atoms with E-state index in [2.05, 4.69) is 9.71 Å². The zero-order valence-electron chi connectivity index (χ0n) is 14.6. The van der Waals surface area contributed by atoms with E-state index in [0.29, 0.717) is 24.7 Å². The predicted octanol–water partition coefficient (Wildman–Crippen LogP) is 2.01. The van der Waals surface area contributed by atoms with Crippen molar-refractivity contribution in [2.75, 3.05) is 17.8 Å². The second kappa shape index (κ2) is 7.19. The lowest BCUT2D eigenvalue weighted by Gasteiger charge is -2.33. The number of likely N-dealkylation sites (tertiary alicyclic amines) is 1. The van der Waals surface area contributed by atoms with Gasteiger partial charge in [0.1, 0.15) is 6.10 Å². The van der Waals surface area contributed by atoms with Gasteiger partial charge in [0.05, 0.1) is 17.1 Å². The van der Waals surface area contributed by atoms with E-state index in [1.54, 1.807) is 12.1 Å². The molecule has 1 aliphatic carbocycles. The molecule has 0 spiro atoms. The van der Waals surface area contributed by atoms with Gasteiger partial charge in [-0.25, -0.2) is 13.4 Å². The maximum absolute atomic E-state index is 12.0. The average molecular weight is 367 g/mol. The summed E-state index contributed by atoms with van der Waals surface area (Å²) >= 11 is 0. The fourth-order valence-corrected chi connectivity index (χ4v) is 4.24. The minimum atomic E-state index is -3.27. The van der Waals surface area contributed by atoms with Crippen molar-refractivity contribution in [3.63, 3.8) is 0 Å². The highest BCUT2D eigenvalue weighted by Gasteiger charge is 2.35. The van der Waals surface area contributed by atoms with Crippen LogP contribution >= 0.6 is 0 Å². The monoisotopic (exact) mass is 367 g/mol. The van der Waals surface area contributed by atoms with Crippen molar-refractivity contribution in [3.05, 3.63) is 18.3 Å². The Morgan fingerprint density at radius 2 is 1.92 bits per heavy atom. The third-order valence-corrected chi connectivity index (χ3v) is 6.36. The van der Waals surface area contributed by atoms with Crippen LogP contribution in [-0.2, 0) is 14.8 Å². The van der Waals surface area contributed by atoms with Gasteiger partial charge in [0.15, 0.2) is 0 Å². The minimum absolute atomic E-state index is 0.0195. The standard InChI is InChI=1S/C17H25N3O4S/c1-12(2)17(21)20-9-7-14(8-10-20)24-16-6-3-13(11-18-16)19-25(22,23)15-4-5-15/h3,6,11-12,14-15,19H,4-5,7-10H2,1-2H3. The summed E-state index contributed by atoms with van der Waals surface area (Å²) in [6.07, 6.45) is 4.50. The van der Waals surface area contributed by atoms with E-state index in [4.69, 9.17) is 4.74 Å². The summed E-state index contributed by atoms with van der Waals surface area (Å²) in [5, 5.41) is -0.262. The van der Waals surface area contributed by atoms with Crippen LogP contribution in [0.15, 0.2) is 18.3 Å². The fourth-order valence-electron chi connectivity index (χ4n) is 2.87. The molecular formula is C17H25N3O4S. The van der Waals surface area contributed by atoms with E-state index < -0.39 is 10.0 Å². The number of carbonyl (C=O) groups excluding carboxylic acids is 1. The molecule has 1 saturated heterocycles. The second-order valence-electron chi connectivity index (χ2n) is 7.03. The van der Waals surface area contributed by atoms with Crippen LogP contribution in [0.4, 0.5) is 5.69 Å². The molecule has 25 heavy (non-hydrogen) atoms. The third-order valence-electron chi connectivity index (χ3n) is 4.49. The Bertz CT molecular complexity index is 706. The number of amides is 1. The summed E-state index contributed by atoms with van der Waals surface area (Å²) in [5.74, 6) is 0.679. The van der Waals surface area contributed by atoms with Gasteiger partial charge in [0, 0.05) is 37.9 Å². The van der Waals surface area contributed by atoms with Gasteiger partial charge in [-0.15, -0.1) is 0 Å². The molecule has 3 rings (SSSR count). The second-order valence-corrected chi connectivity index (χ2v) is 8.99. The van der Waals surface area contributed by atoms with Gasteiger partial charge in [0.2, 0.25) is 21.8 Å². The molecule has 138 valence electrons. The van der Waals surface area contributed by atoms with Crippen LogP contribution in [0.3, 0.4) is 0 Å². The third kappa shape index (κ3) is 4.62. The molecule has 0 bridgehead atoms. The van der Waals surface area contributed by atoms with Crippen molar-refractivity contribution in [3.8, 4) is 5.88 Å². The predicted molar refractivity (Wildman–Crippen MR) is 94.9 cm³/mol. The van der Waals surface area contributed by atoms with Gasteiger partial charge in [-0.05, 0) is 18.9 Å². The number of rotatable bonds is 6. The summed E-state index contributed by atoms with van der Waals surface area (Å²) in [7, 11) is -3.27. The lowest BCUT2D eigenvalue weighted by Crippen LogP contribution is -2.43. The normalized spacial score (nSPS) is 19.1. The molecule has 1 aromatic heterocycles. The van der Waals surface area contributed by atoms with Gasteiger partial charge in [-0.3, -0.25) is 9.52 Å². The van der Waals surface area contributed by atoms with E-state index in [-0.39, 0.29) is 23.2 Å². The Balaban J connectivity index is 1.50. The summed E-state index contributed by atoms with van der Waals surface area (Å²) in [6, 6.07) is 3.34. The molecule has 8 heteroatoms. The zero-order chi connectivity index (χ0) is 18.0. The average Bonchev–Trinajstić information content (AvgIpc) is 3.42. The van der Waals surface area contributed by atoms with E-state index in [9.17, 15) is 13.2 Å². The van der Waals surface area contributed by atoms with Gasteiger partial charge in [-0.1, -0.05) is 13.8 Å². The van der Waals surface area contributed by atoms with Gasteiger partial charge >= 0.3 is 0 Å². The van der Waals surface area contributed by atoms with Crippen molar-refractivity contribution in [1.82, 2.24) is 9.88 Å². The SMILES string of the molecule is CC(C)C(=O)N1CCC(Oc2ccc(NS(=O)(=O)C3CC3)cn2)CC1. The Labute approximate surface area is 148 Å². The number of hydrogen-bond acceptors (Lipinski definition) is 5. The largest absolute Gasteiger partial charge is 0.474 e. The number of aromatic nitrogens is 1. The van der Waals surface area contributed by atoms with Crippen LogP contribution in [0.2, 0.25) is 0 Å². The van der Waals surface area contributed by atoms with Gasteiger partial charge in [-0.2, -0.15) is 0 Å². The Hall–Kier alpha value is -1.83. The fraction of sp³-hybridized carbons (Fsp3) is 0.647. The van der Waals surface area contributed by atoms with E-state index in [1.807, 2.05) is 18.7 Å². The number of sulfonamides is 1. The van der Waals surface area contributed by atoms with E-state index in [1.165, 1.54) is 6.20 Å². The first kappa shape index (κ1) is 18.0. The molecule has 7 nitrogen and oxygen atoms in total. The lowest BCUT2D eigenvalue weighted by atomic mass is 10.1. The van der Waals surface area contributed by atoms with Crippen LogP contribution in [0.5, 0.6) is 5.88 Å². The quantitative estimate of drug-likeness (QED) is 0.831. The first-order valence-electron chi connectivity index (χ1n) is 8.78. The highest BCUT2D eigenvalue weighted by molar-refractivity contribution is 7.93. The summed E-state index contributed by atoms with van der Waals surface area (Å²) < 4.78 is 32.2. The molecule has 1 saturated carbocycles. The molecule has 0 atom stereocenters. The molecule has 1 aromatic rings. The number of nitrogens with one attached hydrogen (secondary N) is 1. The molecule has 0 aromatic carbocycles. The molecule has 1 N–H and O–H groups in total.